The zero-order chi connectivity index (χ0) is 10.1. The molecule has 1 fully saturated rings. The average Bonchev–Trinajstić information content (AvgIpc) is 2.29. The van der Waals surface area contributed by atoms with Crippen LogP contribution in [-0.4, -0.2) is 29.9 Å². The van der Waals surface area contributed by atoms with Gasteiger partial charge in [0.05, 0.1) is 5.60 Å². The Bertz CT molecular complexity index is 165. The third-order valence-corrected chi connectivity index (χ3v) is 2.29. The summed E-state index contributed by atoms with van der Waals surface area (Å²) in [6.45, 7) is 8.49. The van der Waals surface area contributed by atoms with Gasteiger partial charge < -0.3 is 4.74 Å². The summed E-state index contributed by atoms with van der Waals surface area (Å²) < 4.78 is 5.91. The van der Waals surface area contributed by atoms with Gasteiger partial charge in [0, 0.05) is 19.5 Å². The van der Waals surface area contributed by atoms with Crippen molar-refractivity contribution in [1.82, 2.24) is 10.4 Å². The molecule has 1 rings (SSSR count). The molecule has 78 valence electrons. The van der Waals surface area contributed by atoms with E-state index in [1.54, 1.807) is 0 Å². The average molecular weight is 186 g/mol. The summed E-state index contributed by atoms with van der Waals surface area (Å²) in [5, 5.41) is 2.08. The zero-order valence-electron chi connectivity index (χ0n) is 9.42. The lowest BCUT2D eigenvalue weighted by Crippen LogP contribution is -2.40. The molecule has 1 aliphatic rings. The van der Waals surface area contributed by atoms with Gasteiger partial charge in [-0.25, -0.2) is 10.4 Å². The van der Waals surface area contributed by atoms with Crippen molar-refractivity contribution >= 4 is 0 Å². The van der Waals surface area contributed by atoms with Crippen molar-refractivity contribution in [2.75, 3.05) is 7.05 Å². The van der Waals surface area contributed by atoms with Gasteiger partial charge in [0.1, 0.15) is 6.23 Å². The number of ether oxygens (including phenoxy) is 1. The van der Waals surface area contributed by atoms with E-state index in [2.05, 4.69) is 38.1 Å². The molecule has 1 heterocycles. The first-order valence-corrected chi connectivity index (χ1v) is 5.09. The first-order chi connectivity index (χ1) is 5.92. The Hall–Kier alpha value is -0.120. The van der Waals surface area contributed by atoms with E-state index in [1.807, 2.05) is 7.05 Å². The summed E-state index contributed by atoms with van der Waals surface area (Å²) in [4.78, 5) is 0. The molecule has 1 aliphatic heterocycles. The summed E-state index contributed by atoms with van der Waals surface area (Å²) in [7, 11) is 2.05. The lowest BCUT2D eigenvalue weighted by Gasteiger charge is -2.28. The van der Waals surface area contributed by atoms with Crippen LogP contribution in [0.5, 0.6) is 0 Å². The van der Waals surface area contributed by atoms with E-state index in [4.69, 9.17) is 4.74 Å². The van der Waals surface area contributed by atoms with Crippen LogP contribution in [0.2, 0.25) is 0 Å². The zero-order valence-corrected chi connectivity index (χ0v) is 9.42. The van der Waals surface area contributed by atoms with Crippen LogP contribution in [0.4, 0.5) is 0 Å². The minimum atomic E-state index is -0.0523. The maximum absolute atomic E-state index is 5.91. The quantitative estimate of drug-likeness (QED) is 0.711. The molecule has 0 aromatic carbocycles. The number of nitrogens with one attached hydrogen (secondary N) is 1. The van der Waals surface area contributed by atoms with Gasteiger partial charge >= 0.3 is 0 Å². The molecule has 0 amide bonds. The van der Waals surface area contributed by atoms with Crippen molar-refractivity contribution in [2.45, 2.75) is 58.4 Å². The second-order valence-electron chi connectivity index (χ2n) is 4.77. The van der Waals surface area contributed by atoms with Gasteiger partial charge in [-0.1, -0.05) is 6.92 Å². The first kappa shape index (κ1) is 11.0. The molecule has 0 saturated carbocycles. The Labute approximate surface area is 81.4 Å². The van der Waals surface area contributed by atoms with E-state index in [0.717, 1.165) is 12.8 Å². The Kier molecular flexibility index (Phi) is 3.33. The van der Waals surface area contributed by atoms with Crippen molar-refractivity contribution in [2.24, 2.45) is 0 Å². The van der Waals surface area contributed by atoms with Crippen LogP contribution in [0.1, 0.15) is 40.5 Å². The van der Waals surface area contributed by atoms with E-state index in [1.165, 1.54) is 0 Å². The van der Waals surface area contributed by atoms with Gasteiger partial charge in [0.25, 0.3) is 0 Å². The monoisotopic (exact) mass is 186 g/mol. The van der Waals surface area contributed by atoms with Crippen molar-refractivity contribution in [1.29, 1.82) is 0 Å². The molecule has 0 aliphatic carbocycles. The molecule has 1 saturated heterocycles. The molecule has 2 unspecified atom stereocenters. The maximum Gasteiger partial charge on any atom is 0.124 e. The van der Waals surface area contributed by atoms with Crippen molar-refractivity contribution in [3.8, 4) is 0 Å². The maximum atomic E-state index is 5.91. The number of hydrogen-bond acceptors (Lipinski definition) is 3. The molecule has 2 atom stereocenters. The molecule has 0 bridgehead atoms. The lowest BCUT2D eigenvalue weighted by molar-refractivity contribution is -0.118. The van der Waals surface area contributed by atoms with Gasteiger partial charge in [0.2, 0.25) is 0 Å². The summed E-state index contributed by atoms with van der Waals surface area (Å²) in [6, 6.07) is 0.581. The minimum Gasteiger partial charge on any atom is -0.356 e. The summed E-state index contributed by atoms with van der Waals surface area (Å²) in [5.74, 6) is 0. The van der Waals surface area contributed by atoms with Crippen LogP contribution >= 0.6 is 0 Å². The topological polar surface area (TPSA) is 24.5 Å². The Morgan fingerprint density at radius 3 is 2.46 bits per heavy atom. The second-order valence-corrected chi connectivity index (χ2v) is 4.77. The molecule has 3 nitrogen and oxygen atoms in total. The van der Waals surface area contributed by atoms with Crippen LogP contribution in [0, 0.1) is 0 Å². The molecule has 0 spiro atoms. The largest absolute Gasteiger partial charge is 0.356 e. The number of nitrogens with zero attached hydrogens (tertiary/aromatic N) is 1. The van der Waals surface area contributed by atoms with E-state index in [9.17, 15) is 0 Å². The Morgan fingerprint density at radius 1 is 1.46 bits per heavy atom. The third kappa shape index (κ3) is 3.25. The molecule has 1 N–H and O–H groups in total. The predicted octanol–water partition coefficient (Wildman–Crippen LogP) is 1.75. The number of hydrogen-bond donors (Lipinski definition) is 1. The first-order valence-electron chi connectivity index (χ1n) is 5.09. The lowest BCUT2D eigenvalue weighted by atomic mass is 10.1. The highest BCUT2D eigenvalue weighted by Gasteiger charge is 2.31. The van der Waals surface area contributed by atoms with Crippen LogP contribution in [0.15, 0.2) is 0 Å². The minimum absolute atomic E-state index is 0.0523. The fourth-order valence-corrected chi connectivity index (χ4v) is 1.62. The van der Waals surface area contributed by atoms with E-state index in [-0.39, 0.29) is 11.8 Å². The molecule has 0 radical (unpaired) electrons. The second kappa shape index (κ2) is 3.95. The van der Waals surface area contributed by atoms with Gasteiger partial charge in [0.15, 0.2) is 0 Å². The standard InChI is InChI=1S/C10H22N2O/c1-6-8-7-9(12(5)11-8)13-10(2,3)4/h8-9,11H,6-7H2,1-5H3. The van der Waals surface area contributed by atoms with Crippen molar-refractivity contribution in [3.63, 3.8) is 0 Å². The van der Waals surface area contributed by atoms with Crippen LogP contribution < -0.4 is 5.43 Å². The fourth-order valence-electron chi connectivity index (χ4n) is 1.62. The summed E-state index contributed by atoms with van der Waals surface area (Å²) >= 11 is 0. The molecular formula is C10H22N2O. The molecule has 0 aromatic heterocycles. The smallest absolute Gasteiger partial charge is 0.124 e. The van der Waals surface area contributed by atoms with Crippen LogP contribution in [0.3, 0.4) is 0 Å². The van der Waals surface area contributed by atoms with E-state index >= 15 is 0 Å². The fraction of sp³-hybridized carbons (Fsp3) is 1.00. The predicted molar refractivity (Wildman–Crippen MR) is 54.2 cm³/mol. The molecule has 3 heteroatoms. The van der Waals surface area contributed by atoms with Crippen LogP contribution in [-0.2, 0) is 4.74 Å². The highest BCUT2D eigenvalue weighted by molar-refractivity contribution is 4.78. The molecular weight excluding hydrogens is 164 g/mol. The summed E-state index contributed by atoms with van der Waals surface area (Å²) in [5.41, 5.74) is 3.33. The van der Waals surface area contributed by atoms with Crippen molar-refractivity contribution in [3.05, 3.63) is 0 Å². The number of hydrazine groups is 1. The van der Waals surface area contributed by atoms with Gasteiger partial charge in [-0.05, 0) is 27.2 Å². The van der Waals surface area contributed by atoms with E-state index < -0.39 is 0 Å². The Balaban J connectivity index is 2.44. The van der Waals surface area contributed by atoms with Crippen molar-refractivity contribution < 1.29 is 4.74 Å². The Morgan fingerprint density at radius 2 is 2.08 bits per heavy atom. The normalized spacial score (nSPS) is 31.2. The summed E-state index contributed by atoms with van der Waals surface area (Å²) in [6.07, 6.45) is 2.48. The SMILES string of the molecule is CCC1CC(OC(C)(C)C)N(C)N1. The highest BCUT2D eigenvalue weighted by atomic mass is 16.5. The van der Waals surface area contributed by atoms with E-state index in [0.29, 0.717) is 6.04 Å². The van der Waals surface area contributed by atoms with Crippen LogP contribution in [0.25, 0.3) is 0 Å². The molecule has 13 heavy (non-hydrogen) atoms. The molecule has 0 aromatic rings. The third-order valence-electron chi connectivity index (χ3n) is 2.29. The van der Waals surface area contributed by atoms with Gasteiger partial charge in [-0.15, -0.1) is 0 Å². The number of rotatable bonds is 2. The highest BCUT2D eigenvalue weighted by Crippen LogP contribution is 2.21. The van der Waals surface area contributed by atoms with Gasteiger partial charge in [-0.3, -0.25) is 0 Å². The van der Waals surface area contributed by atoms with Gasteiger partial charge in [-0.2, -0.15) is 0 Å².